The van der Waals surface area contributed by atoms with Crippen molar-refractivity contribution in [1.82, 2.24) is 20.0 Å². The highest BCUT2D eigenvalue weighted by atomic mass is 16.5. The molecule has 0 atom stereocenters. The average Bonchev–Trinajstić information content (AvgIpc) is 3.19. The Balaban J connectivity index is 1.74. The standard InChI is InChI=1S/C21H24N4O4/c1-14(2)10-11-22-18(26)13-25-12-16(6-9-19(25)27)21-23-20(24-29-21)15-4-7-17(28-3)8-5-15/h4-9,12,14H,10-11,13H2,1-3H3,(H,22,26). The van der Waals surface area contributed by atoms with Crippen molar-refractivity contribution in [1.29, 1.82) is 0 Å². The summed E-state index contributed by atoms with van der Waals surface area (Å²) in [6, 6.07) is 10.3. The maximum atomic E-state index is 12.1. The number of pyridine rings is 1. The number of nitrogens with one attached hydrogen (secondary N) is 1. The molecule has 0 bridgehead atoms. The molecule has 0 aliphatic heterocycles. The van der Waals surface area contributed by atoms with Crippen molar-refractivity contribution >= 4 is 5.91 Å². The minimum absolute atomic E-state index is 0.0652. The number of amides is 1. The first-order valence-corrected chi connectivity index (χ1v) is 9.42. The van der Waals surface area contributed by atoms with Gasteiger partial charge in [-0.05, 0) is 42.7 Å². The number of ether oxygens (including phenoxy) is 1. The molecule has 29 heavy (non-hydrogen) atoms. The van der Waals surface area contributed by atoms with Gasteiger partial charge in [-0.1, -0.05) is 19.0 Å². The molecule has 1 N–H and O–H groups in total. The van der Waals surface area contributed by atoms with Crippen molar-refractivity contribution < 1.29 is 14.1 Å². The van der Waals surface area contributed by atoms with Gasteiger partial charge in [0.2, 0.25) is 11.7 Å². The summed E-state index contributed by atoms with van der Waals surface area (Å²) in [6.45, 7) is 4.69. The average molecular weight is 396 g/mol. The number of rotatable bonds is 8. The van der Waals surface area contributed by atoms with Crippen molar-refractivity contribution in [3.63, 3.8) is 0 Å². The number of nitrogens with zero attached hydrogens (tertiary/aromatic N) is 3. The smallest absolute Gasteiger partial charge is 0.259 e. The van der Waals surface area contributed by atoms with E-state index in [4.69, 9.17) is 9.26 Å². The highest BCUT2D eigenvalue weighted by Gasteiger charge is 2.13. The summed E-state index contributed by atoms with van der Waals surface area (Å²) in [7, 11) is 1.60. The fourth-order valence-corrected chi connectivity index (χ4v) is 2.69. The molecule has 8 nitrogen and oxygen atoms in total. The third-order valence-corrected chi connectivity index (χ3v) is 4.36. The third kappa shape index (κ3) is 5.31. The molecule has 1 amide bonds. The maximum Gasteiger partial charge on any atom is 0.259 e. The fraction of sp³-hybridized carbons (Fsp3) is 0.333. The van der Waals surface area contributed by atoms with Gasteiger partial charge in [0, 0.05) is 24.4 Å². The summed E-state index contributed by atoms with van der Waals surface area (Å²) in [6.07, 6.45) is 2.44. The predicted octanol–water partition coefficient (Wildman–Crippen LogP) is 2.74. The molecular weight excluding hydrogens is 372 g/mol. The lowest BCUT2D eigenvalue weighted by Gasteiger charge is -2.09. The Labute approximate surface area is 168 Å². The zero-order valence-electron chi connectivity index (χ0n) is 16.7. The van der Waals surface area contributed by atoms with Crippen LogP contribution < -0.4 is 15.6 Å². The minimum atomic E-state index is -0.275. The predicted molar refractivity (Wildman–Crippen MR) is 108 cm³/mol. The van der Waals surface area contributed by atoms with E-state index in [2.05, 4.69) is 29.3 Å². The van der Waals surface area contributed by atoms with Gasteiger partial charge in [0.15, 0.2) is 0 Å². The molecule has 0 saturated carbocycles. The van der Waals surface area contributed by atoms with Crippen LogP contribution in [0, 0.1) is 5.92 Å². The van der Waals surface area contributed by atoms with Gasteiger partial charge in [-0.3, -0.25) is 9.59 Å². The Morgan fingerprint density at radius 3 is 2.59 bits per heavy atom. The van der Waals surface area contributed by atoms with E-state index in [1.165, 1.54) is 10.6 Å². The molecule has 0 fully saturated rings. The van der Waals surface area contributed by atoms with Crippen LogP contribution in [0.1, 0.15) is 20.3 Å². The molecule has 0 radical (unpaired) electrons. The van der Waals surface area contributed by atoms with Crippen LogP contribution in [0.4, 0.5) is 0 Å². The van der Waals surface area contributed by atoms with Crippen LogP contribution in [0.15, 0.2) is 51.9 Å². The molecule has 8 heteroatoms. The summed E-state index contributed by atoms with van der Waals surface area (Å²) < 4.78 is 11.8. The molecule has 0 unspecified atom stereocenters. The normalized spacial score (nSPS) is 10.9. The first-order chi connectivity index (χ1) is 14.0. The second kappa shape index (κ2) is 9.18. The van der Waals surface area contributed by atoms with Gasteiger partial charge in [0.1, 0.15) is 12.3 Å². The number of hydrogen-bond donors (Lipinski definition) is 1. The van der Waals surface area contributed by atoms with Crippen molar-refractivity contribution in [3.8, 4) is 28.6 Å². The lowest BCUT2D eigenvalue weighted by atomic mass is 10.1. The van der Waals surface area contributed by atoms with E-state index in [0.717, 1.165) is 17.7 Å². The number of carbonyl (C=O) groups is 1. The van der Waals surface area contributed by atoms with Gasteiger partial charge < -0.3 is 19.1 Å². The summed E-state index contributed by atoms with van der Waals surface area (Å²) >= 11 is 0. The van der Waals surface area contributed by atoms with Crippen molar-refractivity contribution in [2.45, 2.75) is 26.8 Å². The monoisotopic (exact) mass is 396 g/mol. The SMILES string of the molecule is COc1ccc(-c2noc(-c3ccc(=O)n(CC(=O)NCCC(C)C)c3)n2)cc1. The largest absolute Gasteiger partial charge is 0.497 e. The minimum Gasteiger partial charge on any atom is -0.497 e. The molecule has 1 aromatic carbocycles. The van der Waals surface area contributed by atoms with Crippen LogP contribution in [0.2, 0.25) is 0 Å². The second-order valence-corrected chi connectivity index (χ2v) is 7.07. The van der Waals surface area contributed by atoms with E-state index in [9.17, 15) is 9.59 Å². The summed E-state index contributed by atoms with van der Waals surface area (Å²) in [5.74, 6) is 1.71. The van der Waals surface area contributed by atoms with Crippen LogP contribution in [0.25, 0.3) is 22.8 Å². The van der Waals surface area contributed by atoms with Crippen LogP contribution in [-0.2, 0) is 11.3 Å². The lowest BCUT2D eigenvalue weighted by molar-refractivity contribution is -0.121. The number of aromatic nitrogens is 3. The van der Waals surface area contributed by atoms with Crippen LogP contribution in [-0.4, -0.2) is 34.3 Å². The first-order valence-electron chi connectivity index (χ1n) is 9.42. The summed E-state index contributed by atoms with van der Waals surface area (Å²) in [5, 5.41) is 6.82. The molecule has 0 saturated heterocycles. The van der Waals surface area contributed by atoms with Crippen molar-refractivity contribution in [2.75, 3.05) is 13.7 Å². The highest BCUT2D eigenvalue weighted by Crippen LogP contribution is 2.23. The number of benzene rings is 1. The molecule has 2 heterocycles. The van der Waals surface area contributed by atoms with E-state index in [-0.39, 0.29) is 23.9 Å². The van der Waals surface area contributed by atoms with Crippen molar-refractivity contribution in [3.05, 3.63) is 52.9 Å². The van der Waals surface area contributed by atoms with Gasteiger partial charge in [0.05, 0.1) is 12.7 Å². The highest BCUT2D eigenvalue weighted by molar-refractivity contribution is 5.75. The van der Waals surface area contributed by atoms with Gasteiger partial charge in [-0.15, -0.1) is 0 Å². The van der Waals surface area contributed by atoms with E-state index in [0.29, 0.717) is 23.9 Å². The topological polar surface area (TPSA) is 99.3 Å². The van der Waals surface area contributed by atoms with Crippen molar-refractivity contribution in [2.24, 2.45) is 5.92 Å². The van der Waals surface area contributed by atoms with E-state index in [1.54, 1.807) is 19.4 Å². The molecule has 0 spiro atoms. The molecule has 0 aliphatic carbocycles. The maximum absolute atomic E-state index is 12.1. The number of hydrogen-bond acceptors (Lipinski definition) is 6. The van der Waals surface area contributed by atoms with Gasteiger partial charge >= 0.3 is 0 Å². The Morgan fingerprint density at radius 1 is 1.17 bits per heavy atom. The molecule has 152 valence electrons. The second-order valence-electron chi connectivity index (χ2n) is 7.07. The van der Waals surface area contributed by atoms with Crippen LogP contribution >= 0.6 is 0 Å². The Kier molecular flexibility index (Phi) is 6.43. The summed E-state index contributed by atoms with van der Waals surface area (Å²) in [4.78, 5) is 28.6. The van der Waals surface area contributed by atoms with E-state index >= 15 is 0 Å². The summed E-state index contributed by atoms with van der Waals surface area (Å²) in [5.41, 5.74) is 1.06. The molecule has 3 rings (SSSR count). The first kappa shape index (κ1) is 20.3. The Hall–Kier alpha value is -3.42. The fourth-order valence-electron chi connectivity index (χ4n) is 2.69. The third-order valence-electron chi connectivity index (χ3n) is 4.36. The van der Waals surface area contributed by atoms with Crippen LogP contribution in [0.3, 0.4) is 0 Å². The van der Waals surface area contributed by atoms with E-state index < -0.39 is 0 Å². The van der Waals surface area contributed by atoms with Gasteiger partial charge in [0.25, 0.3) is 11.4 Å². The Morgan fingerprint density at radius 2 is 1.90 bits per heavy atom. The molecule has 3 aromatic rings. The zero-order valence-corrected chi connectivity index (χ0v) is 16.7. The van der Waals surface area contributed by atoms with Gasteiger partial charge in [-0.25, -0.2) is 0 Å². The van der Waals surface area contributed by atoms with Crippen LogP contribution in [0.5, 0.6) is 5.75 Å². The van der Waals surface area contributed by atoms with E-state index in [1.807, 2.05) is 24.3 Å². The lowest BCUT2D eigenvalue weighted by Crippen LogP contribution is -2.32. The molecule has 0 aliphatic rings. The number of methoxy groups -OCH3 is 1. The zero-order chi connectivity index (χ0) is 20.8. The Bertz CT molecular complexity index is 1020. The molecular formula is C21H24N4O4. The van der Waals surface area contributed by atoms with Gasteiger partial charge in [-0.2, -0.15) is 4.98 Å². The number of carbonyl (C=O) groups excluding carboxylic acids is 1. The quantitative estimate of drug-likeness (QED) is 0.629. The molecule has 2 aromatic heterocycles.